The van der Waals surface area contributed by atoms with Gasteiger partial charge >= 0.3 is 0 Å². The Balaban J connectivity index is 2.47. The molecule has 6 heteroatoms. The first-order valence-corrected chi connectivity index (χ1v) is 6.81. The van der Waals surface area contributed by atoms with Crippen molar-refractivity contribution in [2.24, 2.45) is 0 Å². The van der Waals surface area contributed by atoms with Gasteiger partial charge in [-0.15, -0.1) is 0 Å². The van der Waals surface area contributed by atoms with Crippen molar-refractivity contribution in [1.29, 1.82) is 0 Å². The highest BCUT2D eigenvalue weighted by Crippen LogP contribution is 2.37. The molecule has 0 saturated heterocycles. The maximum atomic E-state index is 10.6. The number of fused-ring (bicyclic) bond motifs is 1. The van der Waals surface area contributed by atoms with Crippen LogP contribution in [0.4, 0.5) is 0 Å². The minimum Gasteiger partial charge on any atom is -0.182 e. The fourth-order valence-corrected chi connectivity index (χ4v) is 3.77. The fraction of sp³-hybridized carbons (Fsp3) is 0.100. The van der Waals surface area contributed by atoms with E-state index in [1.165, 1.54) is 0 Å². The average molecular weight is 261 g/mol. The molecule has 0 bridgehead atoms. The third-order valence-electron chi connectivity index (χ3n) is 2.05. The van der Waals surface area contributed by atoms with Gasteiger partial charge < -0.3 is 0 Å². The standard InChI is InChI=1S/C10H9ClO4S/c1-8-6-7-9-4-2-3-5-10(9)16(8)15-11(12,13)14/h2-7H,1H3. The zero-order chi connectivity index (χ0) is 11.8. The van der Waals surface area contributed by atoms with E-state index in [0.29, 0.717) is 4.86 Å². The first-order chi connectivity index (χ1) is 7.47. The summed E-state index contributed by atoms with van der Waals surface area (Å²) in [6, 6.07) is 7.22. The van der Waals surface area contributed by atoms with Crippen molar-refractivity contribution in [3.8, 4) is 0 Å². The minimum atomic E-state index is -4.41. The summed E-state index contributed by atoms with van der Waals surface area (Å²) in [4.78, 5) is 1.43. The zero-order valence-electron chi connectivity index (χ0n) is 8.38. The van der Waals surface area contributed by atoms with Gasteiger partial charge in [0.25, 0.3) is 0 Å². The molecular weight excluding hydrogens is 252 g/mol. The highest BCUT2D eigenvalue weighted by atomic mass is 35.7. The number of allylic oxidation sites excluding steroid dienone is 1. The molecule has 4 nitrogen and oxygen atoms in total. The van der Waals surface area contributed by atoms with E-state index in [1.54, 1.807) is 25.1 Å². The van der Waals surface area contributed by atoms with Gasteiger partial charge in [0.2, 0.25) is 0 Å². The highest BCUT2D eigenvalue weighted by Gasteiger charge is 2.27. The van der Waals surface area contributed by atoms with Gasteiger partial charge in [0.15, 0.2) is 0 Å². The van der Waals surface area contributed by atoms with Crippen LogP contribution >= 0.6 is 10.8 Å². The van der Waals surface area contributed by atoms with Gasteiger partial charge in [0, 0.05) is 4.86 Å². The molecule has 1 aromatic rings. The van der Waals surface area contributed by atoms with E-state index in [0.717, 1.165) is 10.5 Å². The molecule has 0 fully saturated rings. The summed E-state index contributed by atoms with van der Waals surface area (Å²) < 4.78 is 36.4. The molecule has 86 valence electrons. The molecule has 1 aliphatic heterocycles. The van der Waals surface area contributed by atoms with Crippen LogP contribution in [0, 0.1) is 10.2 Å². The lowest BCUT2D eigenvalue weighted by Crippen LogP contribution is -2.60. The molecule has 1 aliphatic rings. The fourth-order valence-electron chi connectivity index (χ4n) is 1.39. The van der Waals surface area contributed by atoms with Gasteiger partial charge in [-0.25, -0.2) is 0 Å². The summed E-state index contributed by atoms with van der Waals surface area (Å²) in [5.41, 5.74) is 0.871. The average Bonchev–Trinajstić information content (AvgIpc) is 2.21. The molecule has 0 saturated carbocycles. The van der Waals surface area contributed by atoms with Crippen molar-refractivity contribution < 1.29 is 28.0 Å². The van der Waals surface area contributed by atoms with Crippen LogP contribution in [0.5, 0.6) is 0 Å². The first kappa shape index (κ1) is 11.8. The lowest BCUT2D eigenvalue weighted by atomic mass is 10.2. The molecule has 0 spiro atoms. The van der Waals surface area contributed by atoms with E-state index in [2.05, 4.69) is 3.74 Å². The van der Waals surface area contributed by atoms with Crippen LogP contribution in [0.2, 0.25) is 0 Å². The minimum absolute atomic E-state index is 0.714. The molecule has 0 aromatic heterocycles. The topological polar surface area (TPSA) is 78.4 Å². The van der Waals surface area contributed by atoms with E-state index in [1.807, 2.05) is 18.2 Å². The smallest absolute Gasteiger partial charge is 0.143 e. The van der Waals surface area contributed by atoms with E-state index in [9.17, 15) is 14.0 Å². The maximum absolute atomic E-state index is 10.6. The van der Waals surface area contributed by atoms with E-state index < -0.39 is 21.0 Å². The third kappa shape index (κ3) is 2.52. The summed E-state index contributed by atoms with van der Waals surface area (Å²) in [7, 11) is -5.53. The summed E-state index contributed by atoms with van der Waals surface area (Å²) in [5.74, 6) is 0. The Labute approximate surface area is 97.7 Å². The Morgan fingerprint density at radius 3 is 2.50 bits per heavy atom. The summed E-state index contributed by atoms with van der Waals surface area (Å²) >= 11 is 0. The Hall–Kier alpha value is -0.690. The monoisotopic (exact) mass is 260 g/mol. The molecule has 16 heavy (non-hydrogen) atoms. The molecule has 2 rings (SSSR count). The quantitative estimate of drug-likeness (QED) is 0.663. The number of hydrogen-bond acceptors (Lipinski definition) is 4. The van der Waals surface area contributed by atoms with Gasteiger partial charge in [-0.2, -0.15) is 14.0 Å². The largest absolute Gasteiger partial charge is 0.182 e. The summed E-state index contributed by atoms with van der Waals surface area (Å²) in [6.07, 6.45) is 3.62. The maximum Gasteiger partial charge on any atom is 0.143 e. The van der Waals surface area contributed by atoms with Gasteiger partial charge in [0.1, 0.15) is 14.5 Å². The number of halogens is 1. The van der Waals surface area contributed by atoms with Crippen LogP contribution in [0.15, 0.2) is 35.2 Å². The van der Waals surface area contributed by atoms with Crippen LogP contribution in [0.25, 0.3) is 6.08 Å². The van der Waals surface area contributed by atoms with Crippen molar-refractivity contribution in [2.45, 2.75) is 11.8 Å². The lowest BCUT2D eigenvalue weighted by molar-refractivity contribution is -1.91. The Bertz CT molecular complexity index is 476. The van der Waals surface area contributed by atoms with E-state index in [-0.39, 0.29) is 0 Å². The zero-order valence-corrected chi connectivity index (χ0v) is 9.96. The number of hydrogen-bond donors (Lipinski definition) is 0. The predicted molar refractivity (Wildman–Crippen MR) is 53.1 cm³/mol. The molecule has 1 unspecified atom stereocenters. The molecule has 1 heterocycles. The molecule has 1 aromatic carbocycles. The second kappa shape index (κ2) is 4.29. The van der Waals surface area contributed by atoms with Gasteiger partial charge in [-0.05, 0) is 18.6 Å². The van der Waals surface area contributed by atoms with Gasteiger partial charge in [-0.1, -0.05) is 30.4 Å². The van der Waals surface area contributed by atoms with Crippen molar-refractivity contribution in [3.05, 3.63) is 35.9 Å². The SMILES string of the molecule is CC1=S(O[Cl+3]([O-])([O-])[O-])c2ccccc2C=C1. The molecule has 0 radical (unpaired) electrons. The van der Waals surface area contributed by atoms with Gasteiger partial charge in [0.05, 0.1) is 15.1 Å². The van der Waals surface area contributed by atoms with Crippen LogP contribution < -0.4 is 14.0 Å². The lowest BCUT2D eigenvalue weighted by Gasteiger charge is -2.18. The Morgan fingerprint density at radius 2 is 1.81 bits per heavy atom. The van der Waals surface area contributed by atoms with Gasteiger partial charge in [-0.3, -0.25) is 0 Å². The molecular formula is C10H9ClO4S. The summed E-state index contributed by atoms with van der Waals surface area (Å²) in [5, 5.41) is 0. The molecule has 0 aliphatic carbocycles. The predicted octanol–water partition coefficient (Wildman–Crippen LogP) is -0.638. The number of benzene rings is 1. The highest BCUT2D eigenvalue weighted by molar-refractivity contribution is 8.12. The van der Waals surface area contributed by atoms with Crippen LogP contribution in [-0.2, 0) is 3.74 Å². The second-order valence-electron chi connectivity index (χ2n) is 3.19. The van der Waals surface area contributed by atoms with Crippen molar-refractivity contribution >= 4 is 21.7 Å². The first-order valence-electron chi connectivity index (χ1n) is 4.43. The summed E-state index contributed by atoms with van der Waals surface area (Å²) in [6.45, 7) is 1.73. The molecule has 0 N–H and O–H groups in total. The molecule has 0 amide bonds. The van der Waals surface area contributed by atoms with Crippen molar-refractivity contribution in [1.82, 2.24) is 0 Å². The normalized spacial score (nSPS) is 19.8. The van der Waals surface area contributed by atoms with Crippen LogP contribution in [0.1, 0.15) is 12.5 Å². The van der Waals surface area contributed by atoms with Crippen LogP contribution in [-0.4, -0.2) is 4.86 Å². The number of rotatable bonds is 2. The third-order valence-corrected chi connectivity index (χ3v) is 4.66. The second-order valence-corrected chi connectivity index (χ2v) is 6.07. The van der Waals surface area contributed by atoms with Crippen molar-refractivity contribution in [2.75, 3.05) is 0 Å². The Kier molecular flexibility index (Phi) is 3.16. The Morgan fingerprint density at radius 1 is 1.12 bits per heavy atom. The van der Waals surface area contributed by atoms with E-state index in [4.69, 9.17) is 0 Å². The van der Waals surface area contributed by atoms with Crippen molar-refractivity contribution in [3.63, 3.8) is 0 Å². The van der Waals surface area contributed by atoms with E-state index >= 15 is 0 Å². The van der Waals surface area contributed by atoms with Crippen LogP contribution in [0.3, 0.4) is 0 Å². The molecule has 1 atom stereocenters.